The van der Waals surface area contributed by atoms with Crippen molar-refractivity contribution in [3.05, 3.63) is 29.6 Å². The predicted molar refractivity (Wildman–Crippen MR) is 64.3 cm³/mol. The highest BCUT2D eigenvalue weighted by molar-refractivity contribution is 5.89. The molecule has 0 aliphatic carbocycles. The van der Waals surface area contributed by atoms with Crippen LogP contribution >= 0.6 is 0 Å². The van der Waals surface area contributed by atoms with E-state index >= 15 is 0 Å². The Kier molecular flexibility index (Phi) is 5.62. The molecule has 0 saturated heterocycles. The first-order valence-electron chi connectivity index (χ1n) is 5.82. The number of rotatable bonds is 5. The van der Waals surface area contributed by atoms with E-state index < -0.39 is 35.3 Å². The Morgan fingerprint density at radius 2 is 2.00 bits per heavy atom. The topological polar surface area (TPSA) is 61.4 Å². The lowest BCUT2D eigenvalue weighted by Crippen LogP contribution is -2.31. The summed E-state index contributed by atoms with van der Waals surface area (Å²) in [5, 5.41) is 13.7. The van der Waals surface area contributed by atoms with Gasteiger partial charge < -0.3 is 15.7 Å². The number of halogens is 3. The molecule has 0 heterocycles. The quantitative estimate of drug-likeness (QED) is 0.723. The van der Waals surface area contributed by atoms with E-state index in [0.29, 0.717) is 12.8 Å². The number of amides is 2. The largest absolute Gasteiger partial charge is 0.393 e. The number of aliphatic hydroxyl groups excluding tert-OH is 1. The van der Waals surface area contributed by atoms with Gasteiger partial charge in [-0.25, -0.2) is 18.0 Å². The van der Waals surface area contributed by atoms with Crippen LogP contribution < -0.4 is 10.6 Å². The van der Waals surface area contributed by atoms with Crippen LogP contribution in [0.2, 0.25) is 0 Å². The van der Waals surface area contributed by atoms with Crippen molar-refractivity contribution in [1.82, 2.24) is 5.32 Å². The summed E-state index contributed by atoms with van der Waals surface area (Å²) >= 11 is 0. The van der Waals surface area contributed by atoms with Crippen LogP contribution in [0, 0.1) is 17.5 Å². The molecule has 2 amide bonds. The lowest BCUT2D eigenvalue weighted by molar-refractivity contribution is 0.160. The van der Waals surface area contributed by atoms with Crippen LogP contribution in [0.5, 0.6) is 0 Å². The molecular formula is C12H15F3N2O2. The van der Waals surface area contributed by atoms with Gasteiger partial charge in [-0.2, -0.15) is 0 Å². The van der Waals surface area contributed by atoms with E-state index in [1.807, 2.05) is 0 Å². The summed E-state index contributed by atoms with van der Waals surface area (Å²) in [5.74, 6) is -4.42. The first-order valence-corrected chi connectivity index (χ1v) is 5.82. The summed E-state index contributed by atoms with van der Waals surface area (Å²) in [5.41, 5.74) is -0.451. The summed E-state index contributed by atoms with van der Waals surface area (Å²) in [6, 6.07) is 0.886. The number of nitrogens with one attached hydrogen (secondary N) is 2. The number of hydrogen-bond acceptors (Lipinski definition) is 2. The minimum Gasteiger partial charge on any atom is -0.393 e. The van der Waals surface area contributed by atoms with E-state index in [1.165, 1.54) is 0 Å². The molecule has 0 aromatic heterocycles. The fraction of sp³-hybridized carbons (Fsp3) is 0.417. The van der Waals surface area contributed by atoms with E-state index in [4.69, 9.17) is 0 Å². The maximum atomic E-state index is 13.2. The fourth-order valence-electron chi connectivity index (χ4n) is 1.35. The number of hydrogen-bond donors (Lipinski definition) is 3. The summed E-state index contributed by atoms with van der Waals surface area (Å²) in [4.78, 5) is 11.3. The normalized spacial score (nSPS) is 12.1. The molecule has 1 rings (SSSR count). The highest BCUT2D eigenvalue weighted by atomic mass is 19.2. The third-order valence-corrected chi connectivity index (χ3v) is 2.52. The van der Waals surface area contributed by atoms with Gasteiger partial charge in [-0.05, 0) is 25.0 Å². The average Bonchev–Trinajstić information content (AvgIpc) is 2.39. The second-order valence-corrected chi connectivity index (χ2v) is 3.95. The molecule has 1 aromatic rings. The van der Waals surface area contributed by atoms with Crippen molar-refractivity contribution in [2.24, 2.45) is 0 Å². The van der Waals surface area contributed by atoms with Crippen LogP contribution in [-0.2, 0) is 0 Å². The third-order valence-electron chi connectivity index (χ3n) is 2.52. The monoisotopic (exact) mass is 276 g/mol. The van der Waals surface area contributed by atoms with Crippen LogP contribution in [0.25, 0.3) is 0 Å². The molecule has 19 heavy (non-hydrogen) atoms. The molecule has 0 saturated carbocycles. The van der Waals surface area contributed by atoms with E-state index in [-0.39, 0.29) is 6.54 Å². The first-order chi connectivity index (χ1) is 8.95. The average molecular weight is 276 g/mol. The molecule has 0 aliphatic rings. The van der Waals surface area contributed by atoms with Crippen molar-refractivity contribution in [1.29, 1.82) is 0 Å². The van der Waals surface area contributed by atoms with Crippen LogP contribution in [0.3, 0.4) is 0 Å². The molecule has 0 aliphatic heterocycles. The number of carbonyl (C=O) groups is 1. The predicted octanol–water partition coefficient (Wildman–Crippen LogP) is 2.39. The first kappa shape index (κ1) is 15.3. The summed E-state index contributed by atoms with van der Waals surface area (Å²) < 4.78 is 38.8. The molecule has 7 heteroatoms. The van der Waals surface area contributed by atoms with Crippen molar-refractivity contribution in [3.63, 3.8) is 0 Å². The molecule has 3 N–H and O–H groups in total. The standard InChI is InChI=1S/C12H15F3N2O2/c1-2-7(18)5-6-16-12(19)17-9-4-3-8(13)10(14)11(9)15/h3-4,7,18H,2,5-6H2,1H3,(H2,16,17,19). The second-order valence-electron chi connectivity index (χ2n) is 3.95. The number of benzene rings is 1. The summed E-state index contributed by atoms with van der Waals surface area (Å²) in [7, 11) is 0. The number of aliphatic hydroxyl groups is 1. The molecule has 0 spiro atoms. The lowest BCUT2D eigenvalue weighted by Gasteiger charge is -2.10. The van der Waals surface area contributed by atoms with E-state index in [0.717, 1.165) is 12.1 Å². The number of carbonyl (C=O) groups excluding carboxylic acids is 1. The van der Waals surface area contributed by atoms with Gasteiger partial charge in [0.15, 0.2) is 17.5 Å². The smallest absolute Gasteiger partial charge is 0.319 e. The number of urea groups is 1. The van der Waals surface area contributed by atoms with Crippen LogP contribution in [0.4, 0.5) is 23.7 Å². The van der Waals surface area contributed by atoms with Crippen LogP contribution in [0.15, 0.2) is 12.1 Å². The second kappa shape index (κ2) is 6.98. The van der Waals surface area contributed by atoms with E-state index in [9.17, 15) is 23.1 Å². The van der Waals surface area contributed by atoms with E-state index in [1.54, 1.807) is 6.92 Å². The minimum absolute atomic E-state index is 0.187. The Morgan fingerprint density at radius 1 is 1.32 bits per heavy atom. The zero-order chi connectivity index (χ0) is 14.4. The van der Waals surface area contributed by atoms with Crippen molar-refractivity contribution < 1.29 is 23.1 Å². The van der Waals surface area contributed by atoms with Crippen LogP contribution in [-0.4, -0.2) is 23.8 Å². The Hall–Kier alpha value is -1.76. The van der Waals surface area contributed by atoms with Crippen molar-refractivity contribution in [3.8, 4) is 0 Å². The van der Waals surface area contributed by atoms with Gasteiger partial charge in [-0.1, -0.05) is 6.92 Å². The molecular weight excluding hydrogens is 261 g/mol. The number of anilines is 1. The van der Waals surface area contributed by atoms with E-state index in [2.05, 4.69) is 10.6 Å². The maximum Gasteiger partial charge on any atom is 0.319 e. The molecule has 0 fully saturated rings. The molecule has 0 bridgehead atoms. The third kappa shape index (κ3) is 4.44. The van der Waals surface area contributed by atoms with Gasteiger partial charge in [0.2, 0.25) is 0 Å². The highest BCUT2D eigenvalue weighted by Gasteiger charge is 2.15. The van der Waals surface area contributed by atoms with Crippen molar-refractivity contribution in [2.45, 2.75) is 25.9 Å². The van der Waals surface area contributed by atoms with Gasteiger partial charge in [-0.15, -0.1) is 0 Å². The minimum atomic E-state index is -1.64. The van der Waals surface area contributed by atoms with Gasteiger partial charge in [0.05, 0.1) is 11.8 Å². The summed E-state index contributed by atoms with van der Waals surface area (Å²) in [6.07, 6.45) is 0.381. The molecule has 0 radical (unpaired) electrons. The van der Waals surface area contributed by atoms with Crippen molar-refractivity contribution >= 4 is 11.7 Å². The molecule has 4 nitrogen and oxygen atoms in total. The van der Waals surface area contributed by atoms with Gasteiger partial charge in [-0.3, -0.25) is 0 Å². The lowest BCUT2D eigenvalue weighted by atomic mass is 10.2. The van der Waals surface area contributed by atoms with Gasteiger partial charge >= 0.3 is 6.03 Å². The highest BCUT2D eigenvalue weighted by Crippen LogP contribution is 2.19. The molecule has 1 unspecified atom stereocenters. The Morgan fingerprint density at radius 3 is 2.63 bits per heavy atom. The van der Waals surface area contributed by atoms with Gasteiger partial charge in [0.25, 0.3) is 0 Å². The molecule has 1 atom stereocenters. The fourth-order valence-corrected chi connectivity index (χ4v) is 1.35. The zero-order valence-corrected chi connectivity index (χ0v) is 10.3. The Labute approximate surface area is 108 Å². The van der Waals surface area contributed by atoms with Crippen LogP contribution in [0.1, 0.15) is 19.8 Å². The maximum absolute atomic E-state index is 13.2. The molecule has 106 valence electrons. The van der Waals surface area contributed by atoms with Gasteiger partial charge in [0.1, 0.15) is 0 Å². The summed E-state index contributed by atoms with van der Waals surface area (Å²) in [6.45, 7) is 1.98. The Balaban J connectivity index is 2.51. The molecule has 1 aromatic carbocycles. The van der Waals surface area contributed by atoms with Gasteiger partial charge in [0, 0.05) is 6.54 Å². The van der Waals surface area contributed by atoms with Crippen molar-refractivity contribution in [2.75, 3.05) is 11.9 Å². The Bertz CT molecular complexity index is 455. The SMILES string of the molecule is CCC(O)CCNC(=O)Nc1ccc(F)c(F)c1F. The zero-order valence-electron chi connectivity index (χ0n) is 10.3.